The van der Waals surface area contributed by atoms with E-state index in [-0.39, 0.29) is 28.9 Å². The van der Waals surface area contributed by atoms with Crippen LogP contribution in [0.1, 0.15) is 13.8 Å². The number of nitro groups is 1. The molecular formula is C15H17ClN2O6. The Labute approximate surface area is 143 Å². The number of carboxylic acids is 1. The maximum atomic E-state index is 12.4. The number of halogens is 1. The molecule has 1 aromatic rings. The summed E-state index contributed by atoms with van der Waals surface area (Å²) in [6, 6.07) is 3.91. The number of nitrogens with zero attached hydrogens (tertiary/aromatic N) is 2. The van der Waals surface area contributed by atoms with E-state index in [0.29, 0.717) is 6.54 Å². The summed E-state index contributed by atoms with van der Waals surface area (Å²) in [6.45, 7) is 3.65. The summed E-state index contributed by atoms with van der Waals surface area (Å²) >= 11 is 5.73. The number of rotatable bonds is 5. The predicted molar refractivity (Wildman–Crippen MR) is 85.1 cm³/mol. The Balaban J connectivity index is 2.10. The molecule has 0 bridgehead atoms. The molecule has 1 unspecified atom stereocenters. The minimum absolute atomic E-state index is 0.0627. The second-order valence-electron chi connectivity index (χ2n) is 5.79. The zero-order valence-corrected chi connectivity index (χ0v) is 13.9. The van der Waals surface area contributed by atoms with Crippen LogP contribution in [0.15, 0.2) is 18.2 Å². The van der Waals surface area contributed by atoms with Gasteiger partial charge in [-0.05, 0) is 25.0 Å². The SMILES string of the molecule is CC(Oc1ccc(Cl)cc1[N+](=O)[O-])C(=O)N1C[C@@H](C)[C@H](C(=O)O)C1. The summed E-state index contributed by atoms with van der Waals surface area (Å²) in [4.78, 5) is 35.4. The number of benzene rings is 1. The number of amides is 1. The Morgan fingerprint density at radius 2 is 2.12 bits per heavy atom. The topological polar surface area (TPSA) is 110 Å². The van der Waals surface area contributed by atoms with Crippen LogP contribution in [0, 0.1) is 22.0 Å². The van der Waals surface area contributed by atoms with E-state index in [1.807, 2.05) is 0 Å². The Hall–Kier alpha value is -2.35. The van der Waals surface area contributed by atoms with Crippen LogP contribution >= 0.6 is 11.6 Å². The molecule has 1 heterocycles. The smallest absolute Gasteiger partial charge is 0.312 e. The molecule has 1 N–H and O–H groups in total. The van der Waals surface area contributed by atoms with Gasteiger partial charge in [-0.2, -0.15) is 0 Å². The van der Waals surface area contributed by atoms with Crippen molar-refractivity contribution in [1.82, 2.24) is 4.90 Å². The van der Waals surface area contributed by atoms with Gasteiger partial charge in [-0.1, -0.05) is 18.5 Å². The molecule has 1 aromatic carbocycles. The number of hydrogen-bond donors (Lipinski definition) is 1. The summed E-state index contributed by atoms with van der Waals surface area (Å²) in [5.41, 5.74) is -0.333. The Kier molecular flexibility index (Phi) is 5.28. The molecule has 0 radical (unpaired) electrons. The zero-order valence-electron chi connectivity index (χ0n) is 13.1. The van der Waals surface area contributed by atoms with Crippen LogP contribution in [0.5, 0.6) is 5.75 Å². The van der Waals surface area contributed by atoms with E-state index in [1.54, 1.807) is 6.92 Å². The highest BCUT2D eigenvalue weighted by molar-refractivity contribution is 6.30. The zero-order chi connectivity index (χ0) is 18.0. The third kappa shape index (κ3) is 3.76. The van der Waals surface area contributed by atoms with E-state index in [2.05, 4.69) is 0 Å². The average molecular weight is 357 g/mol. The van der Waals surface area contributed by atoms with Crippen LogP contribution in [0.3, 0.4) is 0 Å². The van der Waals surface area contributed by atoms with Crippen molar-refractivity contribution in [1.29, 1.82) is 0 Å². The molecule has 1 aliphatic heterocycles. The molecule has 1 amide bonds. The van der Waals surface area contributed by atoms with Crippen molar-refractivity contribution in [3.63, 3.8) is 0 Å². The minimum atomic E-state index is -0.982. The molecule has 0 spiro atoms. The molecule has 8 nitrogen and oxygen atoms in total. The van der Waals surface area contributed by atoms with Gasteiger partial charge in [0.2, 0.25) is 0 Å². The van der Waals surface area contributed by atoms with Crippen LogP contribution in [0.2, 0.25) is 5.02 Å². The van der Waals surface area contributed by atoms with E-state index >= 15 is 0 Å². The van der Waals surface area contributed by atoms with Gasteiger partial charge in [0.15, 0.2) is 11.9 Å². The lowest BCUT2D eigenvalue weighted by atomic mass is 9.99. The van der Waals surface area contributed by atoms with Gasteiger partial charge in [0, 0.05) is 24.2 Å². The second kappa shape index (κ2) is 7.04. The van der Waals surface area contributed by atoms with E-state index in [1.165, 1.54) is 24.0 Å². The lowest BCUT2D eigenvalue weighted by Gasteiger charge is -2.21. The minimum Gasteiger partial charge on any atom is -0.481 e. The van der Waals surface area contributed by atoms with Gasteiger partial charge in [0.25, 0.3) is 5.91 Å². The third-order valence-corrected chi connectivity index (χ3v) is 4.25. The van der Waals surface area contributed by atoms with E-state index in [4.69, 9.17) is 21.4 Å². The van der Waals surface area contributed by atoms with Gasteiger partial charge in [0.05, 0.1) is 10.8 Å². The molecule has 1 fully saturated rings. The van der Waals surface area contributed by atoms with Crippen LogP contribution in [0.25, 0.3) is 0 Å². The van der Waals surface area contributed by atoms with Gasteiger partial charge < -0.3 is 14.7 Å². The first-order chi connectivity index (χ1) is 11.2. The van der Waals surface area contributed by atoms with Crippen molar-refractivity contribution in [3.05, 3.63) is 33.3 Å². The van der Waals surface area contributed by atoms with Gasteiger partial charge in [-0.15, -0.1) is 0 Å². The molecule has 130 valence electrons. The number of carboxylic acid groups (broad SMARTS) is 1. The third-order valence-electron chi connectivity index (χ3n) is 4.01. The largest absolute Gasteiger partial charge is 0.481 e. The number of hydrogen-bond acceptors (Lipinski definition) is 5. The highest BCUT2D eigenvalue weighted by Gasteiger charge is 2.38. The van der Waals surface area contributed by atoms with Crippen LogP contribution < -0.4 is 4.74 Å². The first kappa shape index (κ1) is 18.0. The lowest BCUT2D eigenvalue weighted by molar-refractivity contribution is -0.386. The fourth-order valence-electron chi connectivity index (χ4n) is 2.70. The van der Waals surface area contributed by atoms with E-state index < -0.39 is 28.8 Å². The van der Waals surface area contributed by atoms with Crippen molar-refractivity contribution < 1.29 is 24.4 Å². The number of ether oxygens (including phenoxy) is 1. The molecule has 24 heavy (non-hydrogen) atoms. The molecule has 9 heteroatoms. The highest BCUT2D eigenvalue weighted by atomic mass is 35.5. The van der Waals surface area contributed by atoms with Gasteiger partial charge in [-0.3, -0.25) is 19.7 Å². The number of nitro benzene ring substituents is 1. The Morgan fingerprint density at radius 1 is 1.46 bits per heavy atom. The quantitative estimate of drug-likeness (QED) is 0.639. The first-order valence-electron chi connectivity index (χ1n) is 7.33. The molecule has 0 saturated carbocycles. The molecule has 0 aromatic heterocycles. The van der Waals surface area contributed by atoms with Crippen LogP contribution in [-0.4, -0.2) is 46.0 Å². The number of carbonyl (C=O) groups excluding carboxylic acids is 1. The summed E-state index contributed by atoms with van der Waals surface area (Å²) < 4.78 is 5.43. The van der Waals surface area contributed by atoms with Crippen LogP contribution in [-0.2, 0) is 9.59 Å². The standard InChI is InChI=1S/C15H17ClN2O6/c1-8-6-17(7-11(8)15(20)21)14(19)9(2)24-13-4-3-10(16)5-12(13)18(22)23/h3-5,8-9,11H,6-7H2,1-2H3,(H,20,21)/t8-,9?,11-/m1/s1. The maximum absolute atomic E-state index is 12.4. The van der Waals surface area contributed by atoms with Crippen molar-refractivity contribution >= 4 is 29.2 Å². The summed E-state index contributed by atoms with van der Waals surface area (Å²) in [5.74, 6) is -2.20. The van der Waals surface area contributed by atoms with E-state index in [9.17, 15) is 19.7 Å². The highest BCUT2D eigenvalue weighted by Crippen LogP contribution is 2.31. The van der Waals surface area contributed by atoms with Gasteiger partial charge >= 0.3 is 11.7 Å². The van der Waals surface area contributed by atoms with Crippen molar-refractivity contribution in [3.8, 4) is 5.75 Å². The van der Waals surface area contributed by atoms with E-state index in [0.717, 1.165) is 6.07 Å². The van der Waals surface area contributed by atoms with Gasteiger partial charge in [-0.25, -0.2) is 0 Å². The van der Waals surface area contributed by atoms with Crippen molar-refractivity contribution in [2.45, 2.75) is 20.0 Å². The maximum Gasteiger partial charge on any atom is 0.312 e. The Morgan fingerprint density at radius 3 is 2.67 bits per heavy atom. The van der Waals surface area contributed by atoms with Crippen molar-refractivity contribution in [2.24, 2.45) is 11.8 Å². The Bertz CT molecular complexity index is 680. The molecule has 3 atom stereocenters. The van der Waals surface area contributed by atoms with Gasteiger partial charge in [0.1, 0.15) is 0 Å². The fourth-order valence-corrected chi connectivity index (χ4v) is 2.87. The summed E-state index contributed by atoms with van der Waals surface area (Å²) in [5, 5.41) is 20.4. The fraction of sp³-hybridized carbons (Fsp3) is 0.467. The summed E-state index contributed by atoms with van der Waals surface area (Å²) in [7, 11) is 0. The first-order valence-corrected chi connectivity index (χ1v) is 7.70. The molecule has 1 saturated heterocycles. The average Bonchev–Trinajstić information content (AvgIpc) is 2.90. The van der Waals surface area contributed by atoms with Crippen molar-refractivity contribution in [2.75, 3.05) is 13.1 Å². The number of likely N-dealkylation sites (tertiary alicyclic amines) is 1. The molecule has 0 aliphatic carbocycles. The monoisotopic (exact) mass is 356 g/mol. The van der Waals surface area contributed by atoms with Crippen LogP contribution in [0.4, 0.5) is 5.69 Å². The second-order valence-corrected chi connectivity index (χ2v) is 6.23. The number of aliphatic carboxylic acids is 1. The molecule has 1 aliphatic rings. The molecule has 2 rings (SSSR count). The number of carbonyl (C=O) groups is 2. The summed E-state index contributed by atoms with van der Waals surface area (Å²) in [6.07, 6.45) is -0.982. The normalized spacial score (nSPS) is 21.4. The molecular weight excluding hydrogens is 340 g/mol. The predicted octanol–water partition coefficient (Wildman–Crippen LogP) is 2.19. The lowest BCUT2D eigenvalue weighted by Crippen LogP contribution is -2.39.